The van der Waals surface area contributed by atoms with E-state index in [1.165, 1.54) is 0 Å². The molecule has 0 spiro atoms. The fraction of sp³-hybridized carbons (Fsp3) is 0.455. The summed E-state index contributed by atoms with van der Waals surface area (Å²) < 4.78 is 6.41. The van der Waals surface area contributed by atoms with Gasteiger partial charge in [0.2, 0.25) is 0 Å². The average Bonchev–Trinajstić information content (AvgIpc) is 2.68. The van der Waals surface area contributed by atoms with Crippen molar-refractivity contribution in [1.29, 1.82) is 0 Å². The maximum atomic E-state index is 11.7. The smallest absolute Gasteiger partial charge is 0.325 e. The van der Waals surface area contributed by atoms with Gasteiger partial charge in [0, 0.05) is 12.7 Å². The van der Waals surface area contributed by atoms with E-state index in [0.717, 1.165) is 0 Å². The van der Waals surface area contributed by atoms with Gasteiger partial charge in [-0.15, -0.1) is 0 Å². The molecule has 0 radical (unpaired) electrons. The molecule has 5 nitrogen and oxygen atoms in total. The number of nitrogens with one attached hydrogen (secondary N) is 1. The minimum absolute atomic E-state index is 0.140. The summed E-state index contributed by atoms with van der Waals surface area (Å²) in [5, 5.41) is 2.97. The highest BCUT2D eigenvalue weighted by Gasteiger charge is 2.13. The summed E-state index contributed by atoms with van der Waals surface area (Å²) in [6.45, 7) is 4.40. The summed E-state index contributed by atoms with van der Waals surface area (Å²) >= 11 is 5.81. The number of aromatic nitrogens is 1. The Labute approximate surface area is 105 Å². The van der Waals surface area contributed by atoms with E-state index < -0.39 is 5.97 Å². The van der Waals surface area contributed by atoms with Gasteiger partial charge >= 0.3 is 5.97 Å². The molecule has 0 aliphatic rings. The number of hydrogen-bond acceptors (Lipinski definition) is 3. The number of amides is 1. The van der Waals surface area contributed by atoms with E-state index in [0.29, 0.717) is 23.9 Å². The van der Waals surface area contributed by atoms with Gasteiger partial charge in [-0.05, 0) is 19.9 Å². The first-order valence-electron chi connectivity index (χ1n) is 5.38. The van der Waals surface area contributed by atoms with Crippen LogP contribution in [0, 0.1) is 0 Å². The topological polar surface area (TPSA) is 60.3 Å². The SMILES string of the molecule is CCOC(=O)CNC(=O)c1cc(Cl)cn1CC. The second-order valence-electron chi connectivity index (χ2n) is 3.32. The largest absolute Gasteiger partial charge is 0.465 e. The van der Waals surface area contributed by atoms with Crippen molar-refractivity contribution in [1.82, 2.24) is 9.88 Å². The molecule has 94 valence electrons. The average molecular weight is 259 g/mol. The summed E-state index contributed by atoms with van der Waals surface area (Å²) in [6.07, 6.45) is 1.67. The van der Waals surface area contributed by atoms with Gasteiger partial charge in [0.25, 0.3) is 5.91 Å². The zero-order valence-corrected chi connectivity index (χ0v) is 10.6. The highest BCUT2D eigenvalue weighted by atomic mass is 35.5. The Morgan fingerprint density at radius 1 is 1.47 bits per heavy atom. The summed E-state index contributed by atoms with van der Waals surface area (Å²) in [5.41, 5.74) is 0.432. The van der Waals surface area contributed by atoms with Crippen molar-refractivity contribution in [3.8, 4) is 0 Å². The number of hydrogen-bond donors (Lipinski definition) is 1. The zero-order valence-electron chi connectivity index (χ0n) is 9.83. The molecule has 6 heteroatoms. The number of rotatable bonds is 5. The van der Waals surface area contributed by atoms with E-state index in [1.807, 2.05) is 6.92 Å². The minimum atomic E-state index is -0.457. The molecule has 0 aliphatic carbocycles. The molecule has 1 amide bonds. The van der Waals surface area contributed by atoms with Crippen molar-refractivity contribution in [2.24, 2.45) is 0 Å². The Hall–Kier alpha value is -1.49. The van der Waals surface area contributed by atoms with Crippen molar-refractivity contribution in [3.63, 3.8) is 0 Å². The van der Waals surface area contributed by atoms with Crippen LogP contribution in [0.2, 0.25) is 5.02 Å². The van der Waals surface area contributed by atoms with Gasteiger partial charge in [0.1, 0.15) is 12.2 Å². The van der Waals surface area contributed by atoms with Gasteiger partial charge in [-0.25, -0.2) is 0 Å². The second-order valence-corrected chi connectivity index (χ2v) is 3.75. The van der Waals surface area contributed by atoms with Crippen LogP contribution in [0.4, 0.5) is 0 Å². The molecule has 1 N–H and O–H groups in total. The molecule has 0 aromatic carbocycles. The second kappa shape index (κ2) is 6.30. The summed E-state index contributed by atoms with van der Waals surface area (Å²) in [5.74, 6) is -0.798. The summed E-state index contributed by atoms with van der Waals surface area (Å²) in [6, 6.07) is 1.56. The Bertz CT molecular complexity index is 415. The number of carbonyl (C=O) groups excluding carboxylic acids is 2. The molecule has 17 heavy (non-hydrogen) atoms. The highest BCUT2D eigenvalue weighted by Crippen LogP contribution is 2.13. The van der Waals surface area contributed by atoms with E-state index in [9.17, 15) is 9.59 Å². The maximum Gasteiger partial charge on any atom is 0.325 e. The van der Waals surface area contributed by atoms with E-state index in [4.69, 9.17) is 16.3 Å². The number of halogens is 1. The van der Waals surface area contributed by atoms with Crippen molar-refractivity contribution < 1.29 is 14.3 Å². The third-order valence-corrected chi connectivity index (χ3v) is 2.34. The predicted octanol–water partition coefficient (Wildman–Crippen LogP) is 1.45. The maximum absolute atomic E-state index is 11.7. The van der Waals surface area contributed by atoms with Crippen LogP contribution in [0.3, 0.4) is 0 Å². The molecule has 0 saturated heterocycles. The van der Waals surface area contributed by atoms with Crippen LogP contribution in [0.25, 0.3) is 0 Å². The quantitative estimate of drug-likeness (QED) is 0.814. The van der Waals surface area contributed by atoms with Gasteiger partial charge < -0.3 is 14.6 Å². The lowest BCUT2D eigenvalue weighted by Gasteiger charge is -2.07. The molecule has 0 unspecified atom stereocenters. The molecular weight excluding hydrogens is 244 g/mol. The lowest BCUT2D eigenvalue weighted by atomic mass is 10.4. The van der Waals surface area contributed by atoms with Crippen LogP contribution < -0.4 is 5.32 Å². The molecule has 0 aliphatic heterocycles. The third-order valence-electron chi connectivity index (χ3n) is 2.14. The van der Waals surface area contributed by atoms with E-state index in [-0.39, 0.29) is 12.5 Å². The van der Waals surface area contributed by atoms with Gasteiger partial charge in [0.05, 0.1) is 11.6 Å². The molecule has 0 atom stereocenters. The lowest BCUT2D eigenvalue weighted by Crippen LogP contribution is -2.31. The van der Waals surface area contributed by atoms with E-state index in [2.05, 4.69) is 5.32 Å². The van der Waals surface area contributed by atoms with E-state index >= 15 is 0 Å². The van der Waals surface area contributed by atoms with Crippen molar-refractivity contribution in [2.45, 2.75) is 20.4 Å². The minimum Gasteiger partial charge on any atom is -0.465 e. The Kier molecular flexibility index (Phi) is 5.03. The Morgan fingerprint density at radius 3 is 2.76 bits per heavy atom. The van der Waals surface area contributed by atoms with E-state index in [1.54, 1.807) is 23.8 Å². The first kappa shape index (κ1) is 13.6. The lowest BCUT2D eigenvalue weighted by molar-refractivity contribution is -0.141. The van der Waals surface area contributed by atoms with Crippen molar-refractivity contribution in [3.05, 3.63) is 23.0 Å². The first-order valence-corrected chi connectivity index (χ1v) is 5.75. The fourth-order valence-corrected chi connectivity index (χ4v) is 1.60. The van der Waals surface area contributed by atoms with Crippen LogP contribution in [0.15, 0.2) is 12.3 Å². The molecule has 1 rings (SSSR count). The van der Waals surface area contributed by atoms with Crippen molar-refractivity contribution in [2.75, 3.05) is 13.2 Å². The number of nitrogens with zero attached hydrogens (tertiary/aromatic N) is 1. The van der Waals surface area contributed by atoms with Crippen LogP contribution in [-0.4, -0.2) is 29.6 Å². The first-order chi connectivity index (χ1) is 8.08. The monoisotopic (exact) mass is 258 g/mol. The molecule has 1 aromatic rings. The van der Waals surface area contributed by atoms with Crippen LogP contribution in [0.5, 0.6) is 0 Å². The normalized spacial score (nSPS) is 10.1. The van der Waals surface area contributed by atoms with Gasteiger partial charge in [-0.2, -0.15) is 0 Å². The standard InChI is InChI=1S/C11H15ClN2O3/c1-3-14-7-8(12)5-9(14)11(16)13-6-10(15)17-4-2/h5,7H,3-4,6H2,1-2H3,(H,13,16). The van der Waals surface area contributed by atoms with Crippen molar-refractivity contribution >= 4 is 23.5 Å². The van der Waals surface area contributed by atoms with Gasteiger partial charge in [-0.3, -0.25) is 9.59 Å². The molecular formula is C11H15ClN2O3. The molecule has 0 bridgehead atoms. The van der Waals surface area contributed by atoms with Gasteiger partial charge in [0.15, 0.2) is 0 Å². The number of ether oxygens (including phenoxy) is 1. The number of aryl methyl sites for hydroxylation is 1. The highest BCUT2D eigenvalue weighted by molar-refractivity contribution is 6.31. The number of carbonyl (C=O) groups is 2. The molecule has 1 heterocycles. The predicted molar refractivity (Wildman–Crippen MR) is 64.1 cm³/mol. The van der Waals surface area contributed by atoms with Crippen LogP contribution in [0.1, 0.15) is 24.3 Å². The molecule has 0 saturated carbocycles. The summed E-state index contributed by atoms with van der Waals surface area (Å²) in [4.78, 5) is 22.8. The van der Waals surface area contributed by atoms with Crippen LogP contribution in [-0.2, 0) is 16.1 Å². The molecule has 0 fully saturated rings. The van der Waals surface area contributed by atoms with Gasteiger partial charge in [-0.1, -0.05) is 11.6 Å². The summed E-state index contributed by atoms with van der Waals surface area (Å²) in [7, 11) is 0. The van der Waals surface area contributed by atoms with Crippen LogP contribution >= 0.6 is 11.6 Å². The Morgan fingerprint density at radius 2 is 2.18 bits per heavy atom. The zero-order chi connectivity index (χ0) is 12.8. The fourth-order valence-electron chi connectivity index (χ4n) is 1.38. The Balaban J connectivity index is 2.60. The number of esters is 1. The third kappa shape index (κ3) is 3.78. The molecule has 1 aromatic heterocycles.